The molecule has 0 aromatic heterocycles. The summed E-state index contributed by atoms with van der Waals surface area (Å²) in [4.78, 5) is 0. The lowest BCUT2D eigenvalue weighted by atomic mass is 9.70. The molecule has 20 heavy (non-hydrogen) atoms. The van der Waals surface area contributed by atoms with E-state index in [0.717, 1.165) is 5.92 Å². The van der Waals surface area contributed by atoms with E-state index >= 15 is 0 Å². The summed E-state index contributed by atoms with van der Waals surface area (Å²) in [5, 5.41) is 6.40. The van der Waals surface area contributed by atoms with E-state index in [-0.39, 0.29) is 0 Å². The summed E-state index contributed by atoms with van der Waals surface area (Å²) in [6, 6.07) is 15.9. The molecule has 1 N–H and O–H groups in total. The highest BCUT2D eigenvalue weighted by atomic mass is 14.9. The lowest BCUT2D eigenvalue weighted by Gasteiger charge is -2.40. The van der Waals surface area contributed by atoms with E-state index in [2.05, 4.69) is 68.6 Å². The number of fused-ring (bicyclic) bond motifs is 1. The molecule has 0 aliphatic heterocycles. The second-order valence-corrected chi connectivity index (χ2v) is 7.20. The van der Waals surface area contributed by atoms with Crippen LogP contribution in [0.1, 0.15) is 40.0 Å². The number of rotatable bonds is 2. The van der Waals surface area contributed by atoms with Gasteiger partial charge in [0.1, 0.15) is 0 Å². The van der Waals surface area contributed by atoms with Crippen molar-refractivity contribution >= 4 is 16.5 Å². The van der Waals surface area contributed by atoms with Crippen LogP contribution in [0.25, 0.3) is 10.8 Å². The van der Waals surface area contributed by atoms with Crippen LogP contribution in [-0.2, 0) is 0 Å². The van der Waals surface area contributed by atoms with Crippen molar-refractivity contribution in [2.45, 2.75) is 46.1 Å². The predicted octanol–water partition coefficient (Wildman–Crippen LogP) is 5.47. The molecule has 3 rings (SSSR count). The summed E-state index contributed by atoms with van der Waals surface area (Å²) < 4.78 is 0. The van der Waals surface area contributed by atoms with Gasteiger partial charge in [0.15, 0.2) is 0 Å². The largest absolute Gasteiger partial charge is 0.382 e. The smallest absolute Gasteiger partial charge is 0.0348 e. The SMILES string of the molecule is CC1CC(C)(C)CCC1Nc1ccc2ccccc2c1. The lowest BCUT2D eigenvalue weighted by Crippen LogP contribution is -2.36. The van der Waals surface area contributed by atoms with Gasteiger partial charge in [-0.1, -0.05) is 51.1 Å². The highest BCUT2D eigenvalue weighted by molar-refractivity contribution is 5.85. The first-order valence-electron chi connectivity index (χ1n) is 7.79. The van der Waals surface area contributed by atoms with Gasteiger partial charge in [0.05, 0.1) is 0 Å². The standard InChI is InChI=1S/C19H25N/c1-14-13-19(2,3)11-10-18(14)20-17-9-8-15-6-4-5-7-16(15)12-17/h4-9,12,14,18,20H,10-11,13H2,1-3H3. The quantitative estimate of drug-likeness (QED) is 0.761. The molecule has 0 spiro atoms. The minimum atomic E-state index is 0.515. The molecule has 1 aliphatic carbocycles. The summed E-state index contributed by atoms with van der Waals surface area (Å²) in [6.07, 6.45) is 3.92. The Morgan fingerprint density at radius 3 is 2.55 bits per heavy atom. The molecule has 1 heteroatoms. The van der Waals surface area contributed by atoms with Gasteiger partial charge in [-0.05, 0) is 53.5 Å². The zero-order valence-corrected chi connectivity index (χ0v) is 12.8. The van der Waals surface area contributed by atoms with E-state index in [4.69, 9.17) is 0 Å². The van der Waals surface area contributed by atoms with Crippen molar-refractivity contribution < 1.29 is 0 Å². The molecule has 1 fully saturated rings. The lowest BCUT2D eigenvalue weighted by molar-refractivity contribution is 0.177. The number of hydrogen-bond donors (Lipinski definition) is 1. The first-order chi connectivity index (χ1) is 9.53. The van der Waals surface area contributed by atoms with Gasteiger partial charge >= 0.3 is 0 Å². The minimum Gasteiger partial charge on any atom is -0.382 e. The molecule has 2 atom stereocenters. The summed E-state index contributed by atoms with van der Waals surface area (Å²) in [7, 11) is 0. The monoisotopic (exact) mass is 267 g/mol. The molecule has 0 saturated heterocycles. The zero-order valence-electron chi connectivity index (χ0n) is 12.8. The number of benzene rings is 2. The molecule has 1 saturated carbocycles. The molecule has 2 aromatic rings. The predicted molar refractivity (Wildman–Crippen MR) is 88.2 cm³/mol. The van der Waals surface area contributed by atoms with E-state index in [0.29, 0.717) is 11.5 Å². The maximum Gasteiger partial charge on any atom is 0.0348 e. The molecule has 1 aliphatic rings. The number of nitrogens with one attached hydrogen (secondary N) is 1. The Morgan fingerprint density at radius 2 is 1.80 bits per heavy atom. The number of hydrogen-bond acceptors (Lipinski definition) is 1. The fourth-order valence-electron chi connectivity index (χ4n) is 3.65. The summed E-state index contributed by atoms with van der Waals surface area (Å²) in [5.74, 6) is 0.741. The van der Waals surface area contributed by atoms with Crippen LogP contribution in [0.5, 0.6) is 0 Å². The van der Waals surface area contributed by atoms with Crippen LogP contribution in [0.4, 0.5) is 5.69 Å². The van der Waals surface area contributed by atoms with Crippen LogP contribution in [0.2, 0.25) is 0 Å². The maximum absolute atomic E-state index is 3.76. The van der Waals surface area contributed by atoms with E-state index in [1.165, 1.54) is 35.7 Å². The Bertz CT molecular complexity index is 599. The van der Waals surface area contributed by atoms with E-state index in [1.807, 2.05) is 0 Å². The summed E-state index contributed by atoms with van der Waals surface area (Å²) in [5.41, 5.74) is 1.78. The van der Waals surface area contributed by atoms with Crippen LogP contribution >= 0.6 is 0 Å². The first kappa shape index (κ1) is 13.5. The van der Waals surface area contributed by atoms with Gasteiger partial charge in [0, 0.05) is 11.7 Å². The van der Waals surface area contributed by atoms with Crippen LogP contribution in [-0.4, -0.2) is 6.04 Å². The first-order valence-corrected chi connectivity index (χ1v) is 7.79. The van der Waals surface area contributed by atoms with Crippen LogP contribution < -0.4 is 5.32 Å². The maximum atomic E-state index is 3.76. The third-order valence-corrected chi connectivity index (χ3v) is 4.80. The molecule has 0 amide bonds. The van der Waals surface area contributed by atoms with Crippen molar-refractivity contribution in [2.75, 3.05) is 5.32 Å². The second-order valence-electron chi connectivity index (χ2n) is 7.20. The second kappa shape index (κ2) is 5.12. The normalized spacial score (nSPS) is 25.6. The van der Waals surface area contributed by atoms with Gasteiger partial charge in [-0.15, -0.1) is 0 Å². The highest BCUT2D eigenvalue weighted by Crippen LogP contribution is 2.39. The molecule has 1 nitrogen and oxygen atoms in total. The van der Waals surface area contributed by atoms with Gasteiger partial charge in [0.25, 0.3) is 0 Å². The molecule has 106 valence electrons. The van der Waals surface area contributed by atoms with E-state index in [9.17, 15) is 0 Å². The fourth-order valence-corrected chi connectivity index (χ4v) is 3.65. The van der Waals surface area contributed by atoms with E-state index < -0.39 is 0 Å². The molecule has 2 unspecified atom stereocenters. The Balaban J connectivity index is 1.76. The van der Waals surface area contributed by atoms with Crippen molar-refractivity contribution in [3.8, 4) is 0 Å². The van der Waals surface area contributed by atoms with Crippen molar-refractivity contribution in [1.82, 2.24) is 0 Å². The topological polar surface area (TPSA) is 12.0 Å². The molecular weight excluding hydrogens is 242 g/mol. The van der Waals surface area contributed by atoms with Gasteiger partial charge < -0.3 is 5.32 Å². The molecule has 0 bridgehead atoms. The molecular formula is C19H25N. The summed E-state index contributed by atoms with van der Waals surface area (Å²) >= 11 is 0. The average molecular weight is 267 g/mol. The van der Waals surface area contributed by atoms with Gasteiger partial charge in [-0.2, -0.15) is 0 Å². The van der Waals surface area contributed by atoms with Crippen LogP contribution in [0.3, 0.4) is 0 Å². The molecule has 0 heterocycles. The minimum absolute atomic E-state index is 0.515. The van der Waals surface area contributed by atoms with Crippen molar-refractivity contribution in [1.29, 1.82) is 0 Å². The van der Waals surface area contributed by atoms with Crippen molar-refractivity contribution in [2.24, 2.45) is 11.3 Å². The molecule has 0 radical (unpaired) electrons. The van der Waals surface area contributed by atoms with Gasteiger partial charge in [-0.3, -0.25) is 0 Å². The summed E-state index contributed by atoms with van der Waals surface area (Å²) in [6.45, 7) is 7.19. The Labute approximate surface area is 122 Å². The van der Waals surface area contributed by atoms with Gasteiger partial charge in [0.2, 0.25) is 0 Å². The Hall–Kier alpha value is -1.50. The van der Waals surface area contributed by atoms with Crippen LogP contribution in [0.15, 0.2) is 42.5 Å². The van der Waals surface area contributed by atoms with Crippen molar-refractivity contribution in [3.05, 3.63) is 42.5 Å². The van der Waals surface area contributed by atoms with Crippen LogP contribution in [0, 0.1) is 11.3 Å². The zero-order chi connectivity index (χ0) is 14.2. The van der Waals surface area contributed by atoms with Gasteiger partial charge in [-0.25, -0.2) is 0 Å². The fraction of sp³-hybridized carbons (Fsp3) is 0.474. The average Bonchev–Trinajstić information content (AvgIpc) is 2.41. The number of anilines is 1. The third kappa shape index (κ3) is 2.82. The Morgan fingerprint density at radius 1 is 1.05 bits per heavy atom. The van der Waals surface area contributed by atoms with Crippen molar-refractivity contribution in [3.63, 3.8) is 0 Å². The van der Waals surface area contributed by atoms with E-state index in [1.54, 1.807) is 0 Å². The Kier molecular flexibility index (Phi) is 3.45. The third-order valence-electron chi connectivity index (χ3n) is 4.80. The molecule has 2 aromatic carbocycles. The highest BCUT2D eigenvalue weighted by Gasteiger charge is 2.32.